The maximum absolute atomic E-state index is 11.4. The highest BCUT2D eigenvalue weighted by Gasteiger charge is 2.27. The first-order valence-corrected chi connectivity index (χ1v) is 6.63. The van der Waals surface area contributed by atoms with Crippen molar-refractivity contribution in [3.63, 3.8) is 0 Å². The third-order valence-corrected chi connectivity index (χ3v) is 3.70. The number of anilines is 1. The molecule has 1 aliphatic rings. The van der Waals surface area contributed by atoms with Crippen LogP contribution in [-0.2, 0) is 4.79 Å². The van der Waals surface area contributed by atoms with Gasteiger partial charge in [0.05, 0.1) is 11.6 Å². The van der Waals surface area contributed by atoms with Crippen LogP contribution in [0.2, 0.25) is 0 Å². The fourth-order valence-electron chi connectivity index (χ4n) is 2.63. The van der Waals surface area contributed by atoms with E-state index in [4.69, 9.17) is 5.26 Å². The number of hydrogen-bond acceptors (Lipinski definition) is 3. The number of carboxylic acid groups (broad SMARTS) is 1. The molecule has 1 fully saturated rings. The molecule has 0 saturated carbocycles. The summed E-state index contributed by atoms with van der Waals surface area (Å²) in [6.07, 6.45) is 3.75. The lowest BCUT2D eigenvalue weighted by molar-refractivity contribution is -0.138. The second kappa shape index (κ2) is 5.75. The Morgan fingerprint density at radius 1 is 1.42 bits per heavy atom. The predicted octanol–water partition coefficient (Wildman–Crippen LogP) is 2.70. The maximum atomic E-state index is 11.4. The van der Waals surface area contributed by atoms with Crippen LogP contribution in [0.4, 0.5) is 5.69 Å². The summed E-state index contributed by atoms with van der Waals surface area (Å²) in [7, 11) is 0. The van der Waals surface area contributed by atoms with E-state index in [0.717, 1.165) is 37.1 Å². The van der Waals surface area contributed by atoms with E-state index in [0.29, 0.717) is 12.0 Å². The Morgan fingerprint density at radius 2 is 2.21 bits per heavy atom. The zero-order chi connectivity index (χ0) is 13.8. The highest BCUT2D eigenvalue weighted by molar-refractivity contribution is 5.78. The molecule has 0 spiro atoms. The van der Waals surface area contributed by atoms with Crippen LogP contribution in [0.3, 0.4) is 0 Å². The van der Waals surface area contributed by atoms with Crippen molar-refractivity contribution in [1.82, 2.24) is 0 Å². The smallest absolute Gasteiger partial charge is 0.326 e. The number of benzene rings is 1. The van der Waals surface area contributed by atoms with Gasteiger partial charge in [-0.15, -0.1) is 0 Å². The molecule has 2 rings (SSSR count). The van der Waals surface area contributed by atoms with E-state index in [1.54, 1.807) is 6.07 Å². The minimum Gasteiger partial charge on any atom is -0.480 e. The number of aryl methyl sites for hydroxylation is 1. The lowest BCUT2D eigenvalue weighted by atomic mass is 10.1. The van der Waals surface area contributed by atoms with E-state index in [2.05, 4.69) is 6.07 Å². The second-order valence-corrected chi connectivity index (χ2v) is 5.01. The summed E-state index contributed by atoms with van der Waals surface area (Å²) < 4.78 is 0. The molecule has 0 aromatic heterocycles. The zero-order valence-electron chi connectivity index (χ0n) is 11.1. The lowest BCUT2D eigenvalue weighted by Gasteiger charge is -2.29. The molecule has 1 saturated heterocycles. The molecule has 1 atom stereocenters. The van der Waals surface area contributed by atoms with Crippen molar-refractivity contribution in [3.05, 3.63) is 29.3 Å². The minimum absolute atomic E-state index is 0.449. The Kier molecular flexibility index (Phi) is 4.06. The molecule has 19 heavy (non-hydrogen) atoms. The van der Waals surface area contributed by atoms with Gasteiger partial charge in [-0.3, -0.25) is 0 Å². The van der Waals surface area contributed by atoms with Crippen molar-refractivity contribution in [3.8, 4) is 6.07 Å². The summed E-state index contributed by atoms with van der Waals surface area (Å²) in [5.74, 6) is -0.760. The fraction of sp³-hybridized carbons (Fsp3) is 0.467. The van der Waals surface area contributed by atoms with Crippen molar-refractivity contribution in [2.75, 3.05) is 11.4 Å². The average Bonchev–Trinajstić information content (AvgIpc) is 2.64. The summed E-state index contributed by atoms with van der Waals surface area (Å²) >= 11 is 0. The number of carbonyl (C=O) groups is 1. The van der Waals surface area contributed by atoms with Crippen LogP contribution < -0.4 is 4.90 Å². The van der Waals surface area contributed by atoms with Gasteiger partial charge < -0.3 is 10.0 Å². The average molecular weight is 258 g/mol. The largest absolute Gasteiger partial charge is 0.480 e. The molecular formula is C15H18N2O2. The van der Waals surface area contributed by atoms with E-state index in [1.165, 1.54) is 0 Å². The molecule has 4 heteroatoms. The third kappa shape index (κ3) is 2.87. The Morgan fingerprint density at radius 3 is 2.84 bits per heavy atom. The van der Waals surface area contributed by atoms with Crippen molar-refractivity contribution >= 4 is 11.7 Å². The Hall–Kier alpha value is -2.02. The maximum Gasteiger partial charge on any atom is 0.326 e. The second-order valence-electron chi connectivity index (χ2n) is 5.01. The van der Waals surface area contributed by atoms with Crippen LogP contribution in [0.5, 0.6) is 0 Å². The summed E-state index contributed by atoms with van der Waals surface area (Å²) in [4.78, 5) is 13.4. The quantitative estimate of drug-likeness (QED) is 0.885. The molecule has 0 amide bonds. The van der Waals surface area contributed by atoms with Crippen LogP contribution >= 0.6 is 0 Å². The topological polar surface area (TPSA) is 64.3 Å². The zero-order valence-corrected chi connectivity index (χ0v) is 11.1. The van der Waals surface area contributed by atoms with Gasteiger partial charge in [0.2, 0.25) is 0 Å². The van der Waals surface area contributed by atoms with Gasteiger partial charge >= 0.3 is 5.97 Å². The van der Waals surface area contributed by atoms with Gasteiger partial charge in [-0.2, -0.15) is 5.26 Å². The number of rotatable bonds is 2. The molecule has 0 bridgehead atoms. The van der Waals surface area contributed by atoms with Gasteiger partial charge in [-0.25, -0.2) is 4.79 Å². The van der Waals surface area contributed by atoms with Crippen LogP contribution in [0.15, 0.2) is 18.2 Å². The number of nitrogens with zero attached hydrogens (tertiary/aromatic N) is 2. The summed E-state index contributed by atoms with van der Waals surface area (Å²) in [5, 5.41) is 18.3. The standard InChI is InChI=1S/C15H18N2O2/c1-11-9-13(7-6-12(11)10-16)17-8-4-2-3-5-14(17)15(18)19/h6-7,9,14H,2-5,8H2,1H3,(H,18,19). The molecule has 1 heterocycles. The predicted molar refractivity (Wildman–Crippen MR) is 73.1 cm³/mol. The van der Waals surface area contributed by atoms with Gasteiger partial charge in [0, 0.05) is 12.2 Å². The fourth-order valence-corrected chi connectivity index (χ4v) is 2.63. The first-order chi connectivity index (χ1) is 9.13. The molecule has 1 aromatic rings. The highest BCUT2D eigenvalue weighted by atomic mass is 16.4. The number of hydrogen-bond donors (Lipinski definition) is 1. The Labute approximate surface area is 113 Å². The molecule has 1 unspecified atom stereocenters. The van der Waals surface area contributed by atoms with Crippen LogP contribution in [0.25, 0.3) is 0 Å². The molecule has 0 aliphatic carbocycles. The van der Waals surface area contributed by atoms with Crippen LogP contribution in [0.1, 0.15) is 36.8 Å². The molecular weight excluding hydrogens is 240 g/mol. The van der Waals surface area contributed by atoms with Gasteiger partial charge in [-0.1, -0.05) is 12.8 Å². The van der Waals surface area contributed by atoms with Gasteiger partial charge in [0.1, 0.15) is 6.04 Å². The van der Waals surface area contributed by atoms with Crippen LogP contribution in [-0.4, -0.2) is 23.7 Å². The van der Waals surface area contributed by atoms with E-state index in [1.807, 2.05) is 24.0 Å². The van der Waals surface area contributed by atoms with Gasteiger partial charge in [0.15, 0.2) is 0 Å². The molecule has 4 nitrogen and oxygen atoms in total. The summed E-state index contributed by atoms with van der Waals surface area (Å²) in [5.41, 5.74) is 2.45. The monoisotopic (exact) mass is 258 g/mol. The third-order valence-electron chi connectivity index (χ3n) is 3.70. The highest BCUT2D eigenvalue weighted by Crippen LogP contribution is 2.26. The Bertz CT molecular complexity index is 519. The molecule has 1 aliphatic heterocycles. The number of nitriles is 1. The SMILES string of the molecule is Cc1cc(N2CCCCCC2C(=O)O)ccc1C#N. The van der Waals surface area contributed by atoms with Crippen molar-refractivity contribution in [2.45, 2.75) is 38.6 Å². The Balaban J connectivity index is 2.34. The van der Waals surface area contributed by atoms with Gasteiger partial charge in [0.25, 0.3) is 0 Å². The summed E-state index contributed by atoms with van der Waals surface area (Å²) in [6, 6.07) is 7.23. The van der Waals surface area contributed by atoms with E-state index < -0.39 is 12.0 Å². The molecule has 0 radical (unpaired) electrons. The lowest BCUT2D eigenvalue weighted by Crippen LogP contribution is -2.40. The molecule has 1 N–H and O–H groups in total. The number of carboxylic acids is 1. The van der Waals surface area contributed by atoms with E-state index in [9.17, 15) is 9.90 Å². The van der Waals surface area contributed by atoms with E-state index in [-0.39, 0.29) is 0 Å². The van der Waals surface area contributed by atoms with Crippen LogP contribution in [0, 0.1) is 18.3 Å². The van der Waals surface area contributed by atoms with Crippen molar-refractivity contribution in [1.29, 1.82) is 5.26 Å². The van der Waals surface area contributed by atoms with E-state index >= 15 is 0 Å². The molecule has 1 aromatic carbocycles. The number of aliphatic carboxylic acids is 1. The first kappa shape index (κ1) is 13.4. The first-order valence-electron chi connectivity index (χ1n) is 6.63. The summed E-state index contributed by atoms with van der Waals surface area (Å²) in [6.45, 7) is 2.65. The van der Waals surface area contributed by atoms with Crippen molar-refractivity contribution < 1.29 is 9.90 Å². The normalized spacial score (nSPS) is 19.6. The minimum atomic E-state index is -0.760. The van der Waals surface area contributed by atoms with Gasteiger partial charge in [-0.05, 0) is 43.5 Å². The molecule has 100 valence electrons. The van der Waals surface area contributed by atoms with Crippen molar-refractivity contribution in [2.24, 2.45) is 0 Å².